The van der Waals surface area contributed by atoms with Gasteiger partial charge in [-0.2, -0.15) is 0 Å². The molecule has 2 N–H and O–H groups in total. The van der Waals surface area contributed by atoms with Gasteiger partial charge in [0, 0.05) is 12.0 Å². The van der Waals surface area contributed by atoms with Gasteiger partial charge in [0.25, 0.3) is 5.91 Å². The molecule has 0 heterocycles. The zero-order valence-corrected chi connectivity index (χ0v) is 15.1. The van der Waals surface area contributed by atoms with Crippen LogP contribution in [-0.4, -0.2) is 11.8 Å². The molecule has 0 aromatic heterocycles. The monoisotopic (exact) mass is 348 g/mol. The van der Waals surface area contributed by atoms with Gasteiger partial charge in [-0.3, -0.25) is 20.4 Å². The van der Waals surface area contributed by atoms with Crippen molar-refractivity contribution >= 4 is 17.9 Å². The van der Waals surface area contributed by atoms with E-state index in [-0.39, 0.29) is 23.7 Å². The highest BCUT2D eigenvalue weighted by atomic mass is 16.2. The SMILES string of the molecule is CC(C)c1ccc(/C=C\C(=O)NNC(=O)[C@@H]2C[C@@H]2c2ccccc2)cc1. The van der Waals surface area contributed by atoms with Crippen LogP contribution in [0.2, 0.25) is 0 Å². The van der Waals surface area contributed by atoms with E-state index >= 15 is 0 Å². The van der Waals surface area contributed by atoms with Crippen LogP contribution in [0, 0.1) is 5.92 Å². The molecule has 2 aromatic carbocycles. The molecule has 0 aliphatic heterocycles. The zero-order valence-electron chi connectivity index (χ0n) is 15.1. The molecule has 2 amide bonds. The lowest BCUT2D eigenvalue weighted by atomic mass is 10.0. The molecular formula is C22H24N2O2. The van der Waals surface area contributed by atoms with Gasteiger partial charge in [-0.1, -0.05) is 68.4 Å². The Morgan fingerprint density at radius 1 is 1.00 bits per heavy atom. The van der Waals surface area contributed by atoms with E-state index in [1.54, 1.807) is 6.08 Å². The summed E-state index contributed by atoms with van der Waals surface area (Å²) in [6, 6.07) is 18.0. The van der Waals surface area contributed by atoms with Crippen LogP contribution >= 0.6 is 0 Å². The predicted molar refractivity (Wildman–Crippen MR) is 103 cm³/mol. The average molecular weight is 348 g/mol. The molecule has 4 heteroatoms. The quantitative estimate of drug-likeness (QED) is 0.638. The van der Waals surface area contributed by atoms with Gasteiger partial charge in [0.15, 0.2) is 0 Å². The van der Waals surface area contributed by atoms with Crippen molar-refractivity contribution in [1.29, 1.82) is 0 Å². The Hall–Kier alpha value is -2.88. The Labute approximate surface area is 154 Å². The van der Waals surface area contributed by atoms with Crippen LogP contribution in [0.1, 0.15) is 48.8 Å². The molecule has 1 saturated carbocycles. The number of nitrogens with one attached hydrogen (secondary N) is 2. The lowest BCUT2D eigenvalue weighted by molar-refractivity contribution is -0.127. The van der Waals surface area contributed by atoms with Crippen LogP contribution in [0.15, 0.2) is 60.7 Å². The fraction of sp³-hybridized carbons (Fsp3) is 0.273. The average Bonchev–Trinajstić information content (AvgIpc) is 3.46. The maximum atomic E-state index is 12.1. The lowest BCUT2D eigenvalue weighted by Crippen LogP contribution is -2.41. The van der Waals surface area contributed by atoms with E-state index in [0.29, 0.717) is 5.92 Å². The summed E-state index contributed by atoms with van der Waals surface area (Å²) in [5.41, 5.74) is 8.34. The van der Waals surface area contributed by atoms with Crippen LogP contribution in [0.25, 0.3) is 6.08 Å². The van der Waals surface area contributed by atoms with E-state index < -0.39 is 0 Å². The first-order valence-electron chi connectivity index (χ1n) is 8.97. The molecule has 26 heavy (non-hydrogen) atoms. The molecule has 1 aliphatic carbocycles. The second-order valence-corrected chi connectivity index (χ2v) is 6.99. The highest BCUT2D eigenvalue weighted by Crippen LogP contribution is 2.47. The maximum absolute atomic E-state index is 12.1. The largest absolute Gasteiger partial charge is 0.273 e. The van der Waals surface area contributed by atoms with Crippen LogP contribution in [0.5, 0.6) is 0 Å². The van der Waals surface area contributed by atoms with Crippen molar-refractivity contribution in [2.75, 3.05) is 0 Å². The molecule has 0 unspecified atom stereocenters. The second-order valence-electron chi connectivity index (χ2n) is 6.99. The van der Waals surface area contributed by atoms with Gasteiger partial charge >= 0.3 is 0 Å². The predicted octanol–water partition coefficient (Wildman–Crippen LogP) is 3.77. The van der Waals surface area contributed by atoms with Crippen molar-refractivity contribution in [2.45, 2.75) is 32.1 Å². The van der Waals surface area contributed by atoms with Crippen molar-refractivity contribution in [3.63, 3.8) is 0 Å². The topological polar surface area (TPSA) is 58.2 Å². The third kappa shape index (κ3) is 4.60. The molecule has 1 aliphatic rings. The van der Waals surface area contributed by atoms with Crippen LogP contribution < -0.4 is 10.9 Å². The minimum Gasteiger partial charge on any atom is -0.273 e. The van der Waals surface area contributed by atoms with E-state index in [2.05, 4.69) is 36.8 Å². The normalized spacial score (nSPS) is 18.7. The molecule has 0 saturated heterocycles. The third-order valence-corrected chi connectivity index (χ3v) is 4.69. The van der Waals surface area contributed by atoms with E-state index in [1.807, 2.05) is 42.5 Å². The van der Waals surface area contributed by atoms with E-state index in [1.165, 1.54) is 17.2 Å². The molecule has 0 bridgehead atoms. The van der Waals surface area contributed by atoms with Gasteiger partial charge in [0.05, 0.1) is 0 Å². The Balaban J connectivity index is 1.45. The van der Waals surface area contributed by atoms with Gasteiger partial charge in [-0.15, -0.1) is 0 Å². The highest BCUT2D eigenvalue weighted by Gasteiger charge is 2.43. The van der Waals surface area contributed by atoms with E-state index in [9.17, 15) is 9.59 Å². The summed E-state index contributed by atoms with van der Waals surface area (Å²) in [6.45, 7) is 4.28. The Kier molecular flexibility index (Phi) is 5.52. The Morgan fingerprint density at radius 2 is 1.69 bits per heavy atom. The summed E-state index contributed by atoms with van der Waals surface area (Å²) >= 11 is 0. The minimum atomic E-state index is -0.344. The molecule has 2 aromatic rings. The number of benzene rings is 2. The summed E-state index contributed by atoms with van der Waals surface area (Å²) in [6.07, 6.45) is 3.98. The summed E-state index contributed by atoms with van der Waals surface area (Å²) in [4.78, 5) is 24.0. The number of hydrogen-bond donors (Lipinski definition) is 2. The summed E-state index contributed by atoms with van der Waals surface area (Å²) in [5.74, 6) is 0.187. The van der Waals surface area contributed by atoms with Crippen molar-refractivity contribution in [3.8, 4) is 0 Å². The molecule has 134 valence electrons. The number of hydrazine groups is 1. The lowest BCUT2D eigenvalue weighted by Gasteiger charge is -2.06. The van der Waals surface area contributed by atoms with Gasteiger partial charge in [-0.25, -0.2) is 0 Å². The fourth-order valence-electron chi connectivity index (χ4n) is 2.97. The standard InChI is InChI=1S/C22H24N2O2/c1-15(2)17-11-8-16(9-12-17)10-13-21(25)23-24-22(26)20-14-19(20)18-6-4-3-5-7-18/h3-13,15,19-20H,14H2,1-2H3,(H,23,25)(H,24,26)/b13-10-/t19-,20-/m1/s1. The van der Waals surface area contributed by atoms with Crippen LogP contribution in [-0.2, 0) is 9.59 Å². The van der Waals surface area contributed by atoms with Crippen LogP contribution in [0.4, 0.5) is 0 Å². The number of rotatable bonds is 5. The molecule has 3 rings (SSSR count). The van der Waals surface area contributed by atoms with Crippen molar-refractivity contribution in [3.05, 3.63) is 77.4 Å². The zero-order chi connectivity index (χ0) is 18.5. The first-order chi connectivity index (χ1) is 12.5. The highest BCUT2D eigenvalue weighted by molar-refractivity contribution is 5.93. The van der Waals surface area contributed by atoms with Crippen molar-refractivity contribution in [2.24, 2.45) is 5.92 Å². The minimum absolute atomic E-state index is 0.0646. The van der Waals surface area contributed by atoms with E-state index in [0.717, 1.165) is 12.0 Å². The summed E-state index contributed by atoms with van der Waals surface area (Å²) in [7, 11) is 0. The molecule has 1 fully saturated rings. The maximum Gasteiger partial charge on any atom is 0.262 e. The molecule has 0 spiro atoms. The summed E-state index contributed by atoms with van der Waals surface area (Å²) in [5, 5.41) is 0. The van der Waals surface area contributed by atoms with Gasteiger partial charge in [0.1, 0.15) is 0 Å². The van der Waals surface area contributed by atoms with E-state index in [4.69, 9.17) is 0 Å². The fourth-order valence-corrected chi connectivity index (χ4v) is 2.97. The molecule has 2 atom stereocenters. The number of hydrogen-bond acceptors (Lipinski definition) is 2. The first-order valence-corrected chi connectivity index (χ1v) is 8.97. The number of carbonyl (C=O) groups is 2. The van der Waals surface area contributed by atoms with Crippen molar-refractivity contribution in [1.82, 2.24) is 10.9 Å². The van der Waals surface area contributed by atoms with Crippen LogP contribution in [0.3, 0.4) is 0 Å². The molecule has 0 radical (unpaired) electrons. The van der Waals surface area contributed by atoms with Gasteiger partial charge in [-0.05, 0) is 41.0 Å². The molecule has 4 nitrogen and oxygen atoms in total. The third-order valence-electron chi connectivity index (χ3n) is 4.69. The van der Waals surface area contributed by atoms with Gasteiger partial charge < -0.3 is 0 Å². The number of carbonyl (C=O) groups excluding carboxylic acids is 2. The summed E-state index contributed by atoms with van der Waals surface area (Å²) < 4.78 is 0. The smallest absolute Gasteiger partial charge is 0.262 e. The first kappa shape index (κ1) is 17.9. The molecular weight excluding hydrogens is 324 g/mol. The second kappa shape index (κ2) is 8.00. The Bertz CT molecular complexity index is 795. The van der Waals surface area contributed by atoms with Gasteiger partial charge in [0.2, 0.25) is 5.91 Å². The van der Waals surface area contributed by atoms with Crippen molar-refractivity contribution < 1.29 is 9.59 Å². The number of amides is 2. The Morgan fingerprint density at radius 3 is 2.35 bits per heavy atom.